The smallest absolute Gasteiger partial charge is 0.246 e. The summed E-state index contributed by atoms with van der Waals surface area (Å²) in [7, 11) is 0. The van der Waals surface area contributed by atoms with Crippen LogP contribution in [0.25, 0.3) is 0 Å². The molecule has 0 N–H and O–H groups in total. The van der Waals surface area contributed by atoms with Crippen molar-refractivity contribution in [3.05, 3.63) is 35.9 Å². The molecule has 0 spiro atoms. The number of rotatable bonds is 2. The van der Waals surface area contributed by atoms with Crippen LogP contribution in [0.3, 0.4) is 0 Å². The van der Waals surface area contributed by atoms with Crippen LogP contribution in [0.1, 0.15) is 37.2 Å². The highest BCUT2D eigenvalue weighted by molar-refractivity contribution is 5.95. The summed E-state index contributed by atoms with van der Waals surface area (Å²) in [6, 6.07) is 10.4. The summed E-state index contributed by atoms with van der Waals surface area (Å²) in [5.74, 6) is 0.730. The zero-order valence-electron chi connectivity index (χ0n) is 12.1. The maximum Gasteiger partial charge on any atom is 0.246 e. The maximum atomic E-state index is 12.7. The lowest BCUT2D eigenvalue weighted by Gasteiger charge is -2.43. The van der Waals surface area contributed by atoms with Gasteiger partial charge in [-0.15, -0.1) is 0 Å². The van der Waals surface area contributed by atoms with Crippen LogP contribution >= 0.6 is 0 Å². The largest absolute Gasteiger partial charge is 0.329 e. The van der Waals surface area contributed by atoms with Gasteiger partial charge in [-0.3, -0.25) is 9.59 Å². The van der Waals surface area contributed by atoms with E-state index in [4.69, 9.17) is 0 Å². The van der Waals surface area contributed by atoms with Crippen LogP contribution in [0.4, 0.5) is 0 Å². The Hall–Kier alpha value is -1.84. The molecule has 1 aromatic rings. The fourth-order valence-electron chi connectivity index (χ4n) is 3.86. The fourth-order valence-corrected chi connectivity index (χ4v) is 3.86. The van der Waals surface area contributed by atoms with Gasteiger partial charge in [0.25, 0.3) is 0 Å². The Kier molecular flexibility index (Phi) is 2.98. The van der Waals surface area contributed by atoms with Gasteiger partial charge in [-0.25, -0.2) is 0 Å². The van der Waals surface area contributed by atoms with Crippen molar-refractivity contribution in [3.63, 3.8) is 0 Å². The minimum atomic E-state index is -0.183. The van der Waals surface area contributed by atoms with Gasteiger partial charge in [0.15, 0.2) is 0 Å². The fraction of sp³-hybridized carbons (Fsp3) is 0.529. The second-order valence-corrected chi connectivity index (χ2v) is 6.39. The molecule has 1 aromatic carbocycles. The van der Waals surface area contributed by atoms with Crippen LogP contribution in [-0.4, -0.2) is 46.8 Å². The minimum absolute atomic E-state index is 0.137. The standard InChI is InChI=1S/C17H20N2O2/c20-16-11-19(17(21)14-8-4-5-9-18(14)16)15-10-13(15)12-6-2-1-3-7-12/h1-3,6-7,13-15H,4-5,8-11H2. The molecule has 4 rings (SSSR count). The molecule has 0 radical (unpaired) electrons. The van der Waals surface area contributed by atoms with Crippen LogP contribution in [0.15, 0.2) is 30.3 Å². The molecule has 4 heteroatoms. The Morgan fingerprint density at radius 3 is 2.62 bits per heavy atom. The first-order valence-electron chi connectivity index (χ1n) is 7.90. The highest BCUT2D eigenvalue weighted by Gasteiger charge is 2.50. The van der Waals surface area contributed by atoms with Crippen LogP contribution in [-0.2, 0) is 9.59 Å². The van der Waals surface area contributed by atoms with Crippen LogP contribution in [0, 0.1) is 0 Å². The molecule has 2 aliphatic heterocycles. The normalized spacial score (nSPS) is 32.1. The van der Waals surface area contributed by atoms with Gasteiger partial charge in [-0.05, 0) is 31.2 Å². The number of piperidine rings is 1. The lowest BCUT2D eigenvalue weighted by Crippen LogP contribution is -2.61. The van der Waals surface area contributed by atoms with E-state index in [1.54, 1.807) is 0 Å². The predicted octanol–water partition coefficient (Wildman–Crippen LogP) is 1.77. The van der Waals surface area contributed by atoms with Gasteiger partial charge in [0, 0.05) is 18.5 Å². The molecule has 3 unspecified atom stereocenters. The van der Waals surface area contributed by atoms with E-state index in [0.717, 1.165) is 32.2 Å². The third-order valence-electron chi connectivity index (χ3n) is 5.08. The number of carbonyl (C=O) groups is 2. The molecule has 2 heterocycles. The third-order valence-corrected chi connectivity index (χ3v) is 5.08. The quantitative estimate of drug-likeness (QED) is 0.830. The minimum Gasteiger partial charge on any atom is -0.329 e. The van der Waals surface area contributed by atoms with E-state index in [1.807, 2.05) is 28.0 Å². The van der Waals surface area contributed by atoms with Crippen molar-refractivity contribution >= 4 is 11.8 Å². The molecule has 1 saturated carbocycles. The van der Waals surface area contributed by atoms with E-state index >= 15 is 0 Å². The Morgan fingerprint density at radius 1 is 1.00 bits per heavy atom. The number of piperazine rings is 1. The molecule has 3 atom stereocenters. The maximum absolute atomic E-state index is 12.7. The lowest BCUT2D eigenvalue weighted by atomic mass is 9.98. The van der Waals surface area contributed by atoms with Gasteiger partial charge < -0.3 is 9.80 Å². The van der Waals surface area contributed by atoms with Crippen molar-refractivity contribution in [2.24, 2.45) is 0 Å². The SMILES string of the molecule is O=C1CN(C2CC2c2ccccc2)C(=O)C2CCCCN12. The van der Waals surface area contributed by atoms with Crippen LogP contribution in [0.5, 0.6) is 0 Å². The summed E-state index contributed by atoms with van der Waals surface area (Å²) in [6.45, 7) is 1.04. The topological polar surface area (TPSA) is 40.6 Å². The molecule has 3 fully saturated rings. The number of fused-ring (bicyclic) bond motifs is 1. The van der Waals surface area contributed by atoms with E-state index in [-0.39, 0.29) is 30.4 Å². The highest BCUT2D eigenvalue weighted by atomic mass is 16.2. The summed E-state index contributed by atoms with van der Waals surface area (Å²) >= 11 is 0. The van der Waals surface area contributed by atoms with E-state index < -0.39 is 0 Å². The lowest BCUT2D eigenvalue weighted by molar-refractivity contribution is -0.158. The van der Waals surface area contributed by atoms with E-state index in [0.29, 0.717) is 5.92 Å². The van der Waals surface area contributed by atoms with Gasteiger partial charge in [0.2, 0.25) is 11.8 Å². The number of carbonyl (C=O) groups excluding carboxylic acids is 2. The molecular weight excluding hydrogens is 264 g/mol. The average Bonchev–Trinajstić information content (AvgIpc) is 3.32. The summed E-state index contributed by atoms with van der Waals surface area (Å²) < 4.78 is 0. The molecule has 21 heavy (non-hydrogen) atoms. The summed E-state index contributed by atoms with van der Waals surface area (Å²) in [6.07, 6.45) is 3.92. The van der Waals surface area contributed by atoms with E-state index in [2.05, 4.69) is 12.1 Å². The molecular formula is C17H20N2O2. The summed E-state index contributed by atoms with van der Waals surface area (Å²) in [5.41, 5.74) is 1.29. The van der Waals surface area contributed by atoms with Crippen LogP contribution < -0.4 is 0 Å². The number of hydrogen-bond acceptors (Lipinski definition) is 2. The predicted molar refractivity (Wildman–Crippen MR) is 78.7 cm³/mol. The Morgan fingerprint density at radius 2 is 1.81 bits per heavy atom. The average molecular weight is 284 g/mol. The third kappa shape index (κ3) is 2.13. The van der Waals surface area contributed by atoms with Crippen molar-refractivity contribution in [2.45, 2.75) is 43.7 Å². The van der Waals surface area contributed by atoms with Gasteiger partial charge in [-0.1, -0.05) is 30.3 Å². The molecule has 1 aliphatic carbocycles. The molecule has 0 aromatic heterocycles. The second kappa shape index (κ2) is 4.86. The molecule has 2 saturated heterocycles. The first-order chi connectivity index (χ1) is 10.3. The van der Waals surface area contributed by atoms with Crippen molar-refractivity contribution < 1.29 is 9.59 Å². The molecule has 0 bridgehead atoms. The first-order valence-corrected chi connectivity index (χ1v) is 7.90. The van der Waals surface area contributed by atoms with E-state index in [1.165, 1.54) is 5.56 Å². The van der Waals surface area contributed by atoms with Gasteiger partial charge in [0.1, 0.15) is 12.6 Å². The zero-order chi connectivity index (χ0) is 14.4. The number of hydrogen-bond donors (Lipinski definition) is 0. The molecule has 3 aliphatic rings. The zero-order valence-corrected chi connectivity index (χ0v) is 12.1. The van der Waals surface area contributed by atoms with Crippen molar-refractivity contribution in [2.75, 3.05) is 13.1 Å². The second-order valence-electron chi connectivity index (χ2n) is 6.39. The number of nitrogens with zero attached hydrogens (tertiary/aromatic N) is 2. The first kappa shape index (κ1) is 12.9. The van der Waals surface area contributed by atoms with E-state index in [9.17, 15) is 9.59 Å². The molecule has 2 amide bonds. The van der Waals surface area contributed by atoms with Gasteiger partial charge in [0.05, 0.1) is 0 Å². The van der Waals surface area contributed by atoms with Gasteiger partial charge >= 0.3 is 0 Å². The highest BCUT2D eigenvalue weighted by Crippen LogP contribution is 2.45. The Labute approximate surface area is 124 Å². The number of benzene rings is 1. The van der Waals surface area contributed by atoms with Crippen molar-refractivity contribution in [1.29, 1.82) is 0 Å². The van der Waals surface area contributed by atoms with Gasteiger partial charge in [-0.2, -0.15) is 0 Å². The molecule has 110 valence electrons. The summed E-state index contributed by atoms with van der Waals surface area (Å²) in [4.78, 5) is 28.6. The number of amides is 2. The summed E-state index contributed by atoms with van der Waals surface area (Å²) in [5, 5.41) is 0. The van der Waals surface area contributed by atoms with Crippen molar-refractivity contribution in [1.82, 2.24) is 9.80 Å². The van der Waals surface area contributed by atoms with Crippen molar-refractivity contribution in [3.8, 4) is 0 Å². The Balaban J connectivity index is 1.52. The monoisotopic (exact) mass is 284 g/mol. The molecule has 4 nitrogen and oxygen atoms in total. The Bertz CT molecular complexity index is 571. The van der Waals surface area contributed by atoms with Crippen LogP contribution in [0.2, 0.25) is 0 Å².